The van der Waals surface area contributed by atoms with Crippen LogP contribution in [-0.2, 0) is 6.61 Å². The monoisotopic (exact) mass is 370 g/mol. The maximum absolute atomic E-state index is 9.63. The molecule has 1 atom stereocenters. The summed E-state index contributed by atoms with van der Waals surface area (Å²) in [6.45, 7) is 2.16. The zero-order valence-corrected chi connectivity index (χ0v) is 15.0. The Balaban J connectivity index is 1.77. The van der Waals surface area contributed by atoms with Crippen molar-refractivity contribution >= 4 is 11.6 Å². The third-order valence-corrected chi connectivity index (χ3v) is 4.09. The van der Waals surface area contributed by atoms with Gasteiger partial charge in [-0.15, -0.1) is 0 Å². The van der Waals surface area contributed by atoms with E-state index in [-0.39, 0.29) is 24.2 Å². The number of ether oxygens (including phenoxy) is 2. The van der Waals surface area contributed by atoms with Crippen molar-refractivity contribution in [1.29, 1.82) is 0 Å². The van der Waals surface area contributed by atoms with Crippen molar-refractivity contribution < 1.29 is 19.7 Å². The van der Waals surface area contributed by atoms with E-state index in [2.05, 4.69) is 0 Å². The summed E-state index contributed by atoms with van der Waals surface area (Å²) in [6.07, 6.45) is -0.286. The van der Waals surface area contributed by atoms with Crippen LogP contribution in [0.3, 0.4) is 0 Å². The summed E-state index contributed by atoms with van der Waals surface area (Å²) < 4.78 is 11.9. The van der Waals surface area contributed by atoms with Crippen molar-refractivity contribution in [2.45, 2.75) is 19.6 Å². The number of aromatic hydroxyl groups is 2. The quantitative estimate of drug-likeness (QED) is 0.604. The molecule has 0 spiro atoms. The lowest BCUT2D eigenvalue weighted by Crippen LogP contribution is -2.05. The molecule has 0 aliphatic rings. The van der Waals surface area contributed by atoms with E-state index in [1.165, 1.54) is 0 Å². The van der Waals surface area contributed by atoms with E-state index in [4.69, 9.17) is 21.1 Å². The van der Waals surface area contributed by atoms with Gasteiger partial charge in [0.05, 0.1) is 0 Å². The predicted octanol–water partition coefficient (Wildman–Crippen LogP) is 5.47. The van der Waals surface area contributed by atoms with Gasteiger partial charge in [-0.3, -0.25) is 0 Å². The highest BCUT2D eigenvalue weighted by Crippen LogP contribution is 2.34. The second-order valence-electron chi connectivity index (χ2n) is 5.90. The molecule has 4 nitrogen and oxygen atoms in total. The Kier molecular flexibility index (Phi) is 5.54. The summed E-state index contributed by atoms with van der Waals surface area (Å²) in [5.74, 6) is 1.43. The molecule has 134 valence electrons. The molecule has 3 rings (SSSR count). The fraction of sp³-hybridized carbons (Fsp3) is 0.143. The highest BCUT2D eigenvalue weighted by atomic mass is 35.5. The first kappa shape index (κ1) is 18.0. The summed E-state index contributed by atoms with van der Waals surface area (Å²) in [7, 11) is 0. The number of rotatable bonds is 6. The van der Waals surface area contributed by atoms with E-state index in [0.29, 0.717) is 16.5 Å². The van der Waals surface area contributed by atoms with Crippen molar-refractivity contribution in [2.24, 2.45) is 0 Å². The normalized spacial score (nSPS) is 11.8. The zero-order chi connectivity index (χ0) is 18.5. The molecule has 0 saturated carbocycles. The first-order valence-electron chi connectivity index (χ1n) is 8.17. The van der Waals surface area contributed by atoms with Crippen molar-refractivity contribution in [3.05, 3.63) is 82.9 Å². The third-order valence-electron chi connectivity index (χ3n) is 3.85. The van der Waals surface area contributed by atoms with Gasteiger partial charge in [0.25, 0.3) is 0 Å². The first-order valence-corrected chi connectivity index (χ1v) is 8.55. The lowest BCUT2D eigenvalue weighted by atomic mass is 10.1. The van der Waals surface area contributed by atoms with Crippen LogP contribution in [0.25, 0.3) is 0 Å². The molecule has 0 aliphatic heterocycles. The van der Waals surface area contributed by atoms with Gasteiger partial charge in [0.15, 0.2) is 11.5 Å². The Morgan fingerprint density at radius 1 is 0.885 bits per heavy atom. The summed E-state index contributed by atoms with van der Waals surface area (Å²) in [4.78, 5) is 0. The molecule has 0 aromatic heterocycles. The molecule has 5 heteroatoms. The molecule has 3 aromatic rings. The Labute approximate surface area is 157 Å². The van der Waals surface area contributed by atoms with Crippen LogP contribution in [-0.4, -0.2) is 10.2 Å². The number of hydrogen-bond acceptors (Lipinski definition) is 4. The Hall–Kier alpha value is -2.85. The van der Waals surface area contributed by atoms with E-state index >= 15 is 0 Å². The van der Waals surface area contributed by atoms with E-state index in [9.17, 15) is 10.2 Å². The number of halogens is 1. The fourth-order valence-corrected chi connectivity index (χ4v) is 2.70. The molecular formula is C21H19ClO4. The summed E-state index contributed by atoms with van der Waals surface area (Å²) >= 11 is 6.09. The standard InChI is InChI=1S/C21H19ClO4/c1-14(16-5-3-7-19(24)11-16)26-20-9-8-17(22)12-21(20)25-13-15-4-2-6-18(23)10-15/h2-12,14,23-24H,13H2,1H3. The van der Waals surface area contributed by atoms with E-state index in [1.54, 1.807) is 54.6 Å². The Bertz CT molecular complexity index is 895. The molecule has 0 heterocycles. The summed E-state index contributed by atoms with van der Waals surface area (Å²) in [5, 5.41) is 19.7. The van der Waals surface area contributed by atoms with Crippen LogP contribution < -0.4 is 9.47 Å². The van der Waals surface area contributed by atoms with Crippen molar-refractivity contribution in [3.8, 4) is 23.0 Å². The van der Waals surface area contributed by atoms with Crippen LogP contribution in [0.15, 0.2) is 66.7 Å². The van der Waals surface area contributed by atoms with Gasteiger partial charge in [0.1, 0.15) is 24.2 Å². The average molecular weight is 371 g/mol. The molecule has 0 radical (unpaired) electrons. The van der Waals surface area contributed by atoms with Gasteiger partial charge >= 0.3 is 0 Å². The minimum absolute atomic E-state index is 0.186. The topological polar surface area (TPSA) is 58.9 Å². The largest absolute Gasteiger partial charge is 0.508 e. The van der Waals surface area contributed by atoms with Crippen LogP contribution in [0.2, 0.25) is 5.02 Å². The lowest BCUT2D eigenvalue weighted by Gasteiger charge is -2.18. The molecule has 3 aromatic carbocycles. The van der Waals surface area contributed by atoms with Gasteiger partial charge < -0.3 is 19.7 Å². The molecule has 0 saturated heterocycles. The third kappa shape index (κ3) is 4.61. The minimum Gasteiger partial charge on any atom is -0.508 e. The molecule has 0 amide bonds. The molecule has 0 bridgehead atoms. The van der Waals surface area contributed by atoms with Gasteiger partial charge in [0.2, 0.25) is 0 Å². The maximum atomic E-state index is 9.63. The number of phenols is 2. The second kappa shape index (κ2) is 8.02. The summed E-state index contributed by atoms with van der Waals surface area (Å²) in [5.41, 5.74) is 1.68. The van der Waals surface area contributed by atoms with E-state index in [1.807, 2.05) is 19.1 Å². The number of hydrogen-bond donors (Lipinski definition) is 2. The van der Waals surface area contributed by atoms with Crippen LogP contribution in [0.4, 0.5) is 0 Å². The number of benzene rings is 3. The molecule has 2 N–H and O–H groups in total. The highest BCUT2D eigenvalue weighted by molar-refractivity contribution is 6.30. The van der Waals surface area contributed by atoms with E-state index < -0.39 is 0 Å². The molecular weight excluding hydrogens is 352 g/mol. The smallest absolute Gasteiger partial charge is 0.163 e. The van der Waals surface area contributed by atoms with Gasteiger partial charge in [-0.1, -0.05) is 35.9 Å². The first-order chi connectivity index (χ1) is 12.5. The van der Waals surface area contributed by atoms with Crippen molar-refractivity contribution in [3.63, 3.8) is 0 Å². The van der Waals surface area contributed by atoms with Crippen LogP contribution in [0.1, 0.15) is 24.2 Å². The summed E-state index contributed by atoms with van der Waals surface area (Å²) in [6, 6.07) is 19.0. The second-order valence-corrected chi connectivity index (χ2v) is 6.34. The number of phenolic OH excluding ortho intramolecular Hbond substituents is 2. The van der Waals surface area contributed by atoms with Gasteiger partial charge in [-0.25, -0.2) is 0 Å². The van der Waals surface area contributed by atoms with Crippen molar-refractivity contribution in [2.75, 3.05) is 0 Å². The van der Waals surface area contributed by atoms with Crippen LogP contribution in [0.5, 0.6) is 23.0 Å². The molecule has 0 aliphatic carbocycles. The van der Waals surface area contributed by atoms with Crippen LogP contribution in [0, 0.1) is 0 Å². The Morgan fingerprint density at radius 2 is 1.62 bits per heavy atom. The highest BCUT2D eigenvalue weighted by Gasteiger charge is 2.13. The zero-order valence-electron chi connectivity index (χ0n) is 14.2. The maximum Gasteiger partial charge on any atom is 0.163 e. The average Bonchev–Trinajstić information content (AvgIpc) is 2.62. The van der Waals surface area contributed by atoms with E-state index in [0.717, 1.165) is 11.1 Å². The van der Waals surface area contributed by atoms with Gasteiger partial charge in [-0.05, 0) is 54.4 Å². The predicted molar refractivity (Wildman–Crippen MR) is 101 cm³/mol. The lowest BCUT2D eigenvalue weighted by molar-refractivity contribution is 0.206. The Morgan fingerprint density at radius 3 is 2.35 bits per heavy atom. The SMILES string of the molecule is CC(Oc1ccc(Cl)cc1OCc1cccc(O)c1)c1cccc(O)c1. The molecule has 1 unspecified atom stereocenters. The molecule has 0 fully saturated rings. The van der Waals surface area contributed by atoms with Crippen LogP contribution >= 0.6 is 11.6 Å². The minimum atomic E-state index is -0.286. The van der Waals surface area contributed by atoms with Gasteiger partial charge in [-0.2, -0.15) is 0 Å². The van der Waals surface area contributed by atoms with Crippen molar-refractivity contribution in [1.82, 2.24) is 0 Å². The van der Waals surface area contributed by atoms with Gasteiger partial charge in [0, 0.05) is 11.1 Å². The molecule has 26 heavy (non-hydrogen) atoms. The fourth-order valence-electron chi connectivity index (χ4n) is 2.54.